The zero-order chi connectivity index (χ0) is 28.0. The molecule has 0 aromatic heterocycles. The molecule has 2 rings (SSSR count). The second kappa shape index (κ2) is 16.1. The lowest BCUT2D eigenvalue weighted by Crippen LogP contribution is -2.44. The molecule has 0 saturated carbocycles. The van der Waals surface area contributed by atoms with Crippen molar-refractivity contribution < 1.29 is 36.8 Å². The van der Waals surface area contributed by atoms with Gasteiger partial charge in [0, 0.05) is 73.1 Å². The summed E-state index contributed by atoms with van der Waals surface area (Å²) in [6.45, 7) is 2.23. The fourth-order valence-electron chi connectivity index (χ4n) is 4.20. The lowest BCUT2D eigenvalue weighted by molar-refractivity contribution is 0.119. The summed E-state index contributed by atoms with van der Waals surface area (Å²) in [5.41, 5.74) is 2.02. The van der Waals surface area contributed by atoms with E-state index in [1.54, 1.807) is 79.2 Å². The summed E-state index contributed by atoms with van der Waals surface area (Å²) >= 11 is 0. The molecule has 0 amide bonds. The average molecular weight is 567 g/mol. The van der Waals surface area contributed by atoms with Crippen LogP contribution in [0.5, 0.6) is 11.5 Å². The lowest BCUT2D eigenvalue weighted by Gasteiger charge is -2.28. The van der Waals surface area contributed by atoms with E-state index in [9.17, 15) is 10.2 Å². The van der Waals surface area contributed by atoms with Gasteiger partial charge in [0.2, 0.25) is 0 Å². The number of phenols is 2. The summed E-state index contributed by atoms with van der Waals surface area (Å²) in [5, 5.41) is 20.4. The minimum atomic E-state index is -2.67. The fraction of sp³-hybridized carbons (Fsp3) is 0.500. The minimum Gasteiger partial charge on any atom is -0.507 e. The van der Waals surface area contributed by atoms with E-state index in [1.165, 1.54) is 0 Å². The van der Waals surface area contributed by atoms with Crippen molar-refractivity contribution in [3.05, 3.63) is 53.6 Å². The fourth-order valence-corrected chi connectivity index (χ4v) is 7.60. The Hall–Kier alpha value is -2.14. The van der Waals surface area contributed by atoms with Crippen molar-refractivity contribution in [3.8, 4) is 11.5 Å². The van der Waals surface area contributed by atoms with Crippen LogP contribution in [0.15, 0.2) is 47.5 Å². The van der Waals surface area contributed by atoms with E-state index >= 15 is 0 Å². The Bertz CT molecular complexity index is 960. The van der Waals surface area contributed by atoms with Crippen LogP contribution in [0.2, 0.25) is 12.1 Å². The summed E-state index contributed by atoms with van der Waals surface area (Å²) < 4.78 is 33.5. The largest absolute Gasteiger partial charge is 0.507 e. The summed E-state index contributed by atoms with van der Waals surface area (Å²) in [7, 11) is 4.39. The predicted molar refractivity (Wildman–Crippen MR) is 151 cm³/mol. The molecule has 212 valence electrons. The Morgan fingerprint density at radius 3 is 1.76 bits per heavy atom. The Balaban J connectivity index is 2.17. The molecule has 10 nitrogen and oxygen atoms in total. The molecule has 0 fully saturated rings. The average Bonchev–Trinajstić information content (AvgIpc) is 2.95. The molecule has 0 bridgehead atoms. The van der Waals surface area contributed by atoms with Crippen molar-refractivity contribution in [2.75, 3.05) is 55.7 Å². The van der Waals surface area contributed by atoms with Crippen LogP contribution in [0.3, 0.4) is 0 Å². The number of phenolic OH excluding ortho intramolecular Hbond substituents is 2. The molecule has 2 N–H and O–H groups in total. The molecule has 0 spiro atoms. The first-order valence-electron chi connectivity index (χ1n) is 12.5. The summed E-state index contributed by atoms with van der Waals surface area (Å²) in [4.78, 5) is 6.67. The Labute approximate surface area is 228 Å². The molecular formula is C26H42N2O8Si2. The standard InChI is InChI=1S/C26H42N2O8Si2/c1-31-37(32-2,33-3)17-9-15-28(16-10-18-38(34-4,35-5)36-6)21-22-13-14-25(29)23(19-22)20-27-24-11-7-8-12-26(24)30/h7-8,11-14,19-20,29-30H,9-10,15-18,21H2,1-6H3. The number of hydrogen-bond donors (Lipinski definition) is 2. The predicted octanol–water partition coefficient (Wildman–Crippen LogP) is 4.19. The van der Waals surface area contributed by atoms with Crippen LogP contribution in [0.4, 0.5) is 5.69 Å². The van der Waals surface area contributed by atoms with Crippen LogP contribution in [-0.4, -0.2) is 94.7 Å². The maximum absolute atomic E-state index is 10.4. The quantitative estimate of drug-likeness (QED) is 0.203. The molecule has 0 unspecified atom stereocenters. The van der Waals surface area contributed by atoms with E-state index in [4.69, 9.17) is 26.6 Å². The van der Waals surface area contributed by atoms with E-state index in [0.29, 0.717) is 29.9 Å². The third-order valence-electron chi connectivity index (χ3n) is 6.50. The Morgan fingerprint density at radius 2 is 1.26 bits per heavy atom. The molecule has 0 aliphatic carbocycles. The second-order valence-corrected chi connectivity index (χ2v) is 14.9. The number of hydrogen-bond acceptors (Lipinski definition) is 10. The van der Waals surface area contributed by atoms with Crippen molar-refractivity contribution in [2.45, 2.75) is 31.5 Å². The molecule has 2 aromatic carbocycles. The van der Waals surface area contributed by atoms with Crippen molar-refractivity contribution in [1.29, 1.82) is 0 Å². The molecule has 38 heavy (non-hydrogen) atoms. The van der Waals surface area contributed by atoms with Crippen LogP contribution in [0, 0.1) is 0 Å². The monoisotopic (exact) mass is 566 g/mol. The van der Waals surface area contributed by atoms with Gasteiger partial charge in [-0.1, -0.05) is 18.2 Å². The number of nitrogens with zero attached hydrogens (tertiary/aromatic N) is 2. The summed E-state index contributed by atoms with van der Waals surface area (Å²) in [6.07, 6.45) is 3.20. The van der Waals surface area contributed by atoms with Crippen LogP contribution in [0.25, 0.3) is 0 Å². The molecule has 0 aliphatic heterocycles. The van der Waals surface area contributed by atoms with Gasteiger partial charge in [0.25, 0.3) is 0 Å². The zero-order valence-corrected chi connectivity index (χ0v) is 25.3. The number of benzene rings is 2. The number of aromatic hydroxyl groups is 2. The Kier molecular flexibility index (Phi) is 13.6. The van der Waals surface area contributed by atoms with Crippen LogP contribution < -0.4 is 0 Å². The van der Waals surface area contributed by atoms with Gasteiger partial charge in [0.15, 0.2) is 0 Å². The molecule has 2 aromatic rings. The number of aliphatic imine (C=N–C) groups is 1. The van der Waals surface area contributed by atoms with E-state index in [2.05, 4.69) is 9.89 Å². The highest BCUT2D eigenvalue weighted by molar-refractivity contribution is 6.60. The van der Waals surface area contributed by atoms with Crippen molar-refractivity contribution >= 4 is 29.5 Å². The second-order valence-electron chi connectivity index (χ2n) is 8.71. The molecule has 0 heterocycles. The van der Waals surface area contributed by atoms with Crippen LogP contribution in [-0.2, 0) is 33.1 Å². The van der Waals surface area contributed by atoms with Gasteiger partial charge in [-0.05, 0) is 55.8 Å². The zero-order valence-electron chi connectivity index (χ0n) is 23.3. The first-order valence-corrected chi connectivity index (χ1v) is 16.3. The van der Waals surface area contributed by atoms with Gasteiger partial charge in [-0.25, -0.2) is 0 Å². The van der Waals surface area contributed by atoms with Gasteiger partial charge < -0.3 is 36.8 Å². The number of para-hydroxylation sites is 2. The number of rotatable bonds is 18. The van der Waals surface area contributed by atoms with Crippen molar-refractivity contribution in [2.24, 2.45) is 4.99 Å². The van der Waals surface area contributed by atoms with Crippen LogP contribution >= 0.6 is 0 Å². The SMILES string of the molecule is CO[Si](CCCN(CCC[Si](OC)(OC)OC)Cc1ccc(O)c(C=Nc2ccccc2O)c1)(OC)OC. The van der Waals surface area contributed by atoms with Gasteiger partial charge >= 0.3 is 17.6 Å². The summed E-state index contributed by atoms with van der Waals surface area (Å²) in [5.74, 6) is 0.197. The van der Waals surface area contributed by atoms with E-state index in [-0.39, 0.29) is 11.5 Å². The third-order valence-corrected chi connectivity index (χ3v) is 12.2. The van der Waals surface area contributed by atoms with E-state index in [1.807, 2.05) is 12.1 Å². The highest BCUT2D eigenvalue weighted by Crippen LogP contribution is 2.26. The molecule has 0 aliphatic rings. The molecule has 0 radical (unpaired) electrons. The van der Waals surface area contributed by atoms with Gasteiger partial charge in [-0.2, -0.15) is 0 Å². The normalized spacial score (nSPS) is 12.6. The topological polar surface area (TPSA) is 111 Å². The molecule has 0 atom stereocenters. The maximum atomic E-state index is 10.4. The highest BCUT2D eigenvalue weighted by Gasteiger charge is 2.38. The van der Waals surface area contributed by atoms with Crippen LogP contribution in [0.1, 0.15) is 24.0 Å². The molecule has 0 saturated heterocycles. The smallest absolute Gasteiger partial charge is 0.500 e. The van der Waals surface area contributed by atoms with Crippen molar-refractivity contribution in [1.82, 2.24) is 4.90 Å². The minimum absolute atomic E-state index is 0.0798. The van der Waals surface area contributed by atoms with Gasteiger partial charge in [0.1, 0.15) is 17.2 Å². The third kappa shape index (κ3) is 9.25. The van der Waals surface area contributed by atoms with E-state index < -0.39 is 17.6 Å². The van der Waals surface area contributed by atoms with Crippen molar-refractivity contribution in [3.63, 3.8) is 0 Å². The first kappa shape index (κ1) is 32.1. The molecule has 12 heteroatoms. The van der Waals surface area contributed by atoms with E-state index in [0.717, 1.165) is 31.5 Å². The Morgan fingerprint density at radius 1 is 0.737 bits per heavy atom. The van der Waals surface area contributed by atoms with Gasteiger partial charge in [-0.15, -0.1) is 0 Å². The highest BCUT2D eigenvalue weighted by atomic mass is 28.4. The maximum Gasteiger partial charge on any atom is 0.500 e. The summed E-state index contributed by atoms with van der Waals surface area (Å²) in [6, 6.07) is 13.7. The molecular weight excluding hydrogens is 524 g/mol. The van der Waals surface area contributed by atoms with Gasteiger partial charge in [0.05, 0.1) is 0 Å². The lowest BCUT2D eigenvalue weighted by atomic mass is 10.1. The van der Waals surface area contributed by atoms with Gasteiger partial charge in [-0.3, -0.25) is 9.89 Å². The first-order chi connectivity index (χ1) is 18.3.